The Bertz CT molecular complexity index is 1260. The molecule has 0 radical (unpaired) electrons. The predicted octanol–water partition coefficient (Wildman–Crippen LogP) is 6.01. The van der Waals surface area contributed by atoms with Crippen molar-refractivity contribution in [3.63, 3.8) is 0 Å². The number of benzene rings is 2. The molecule has 0 aliphatic heterocycles. The normalized spacial score (nSPS) is 16.5. The minimum atomic E-state index is 0.140. The Morgan fingerprint density at radius 2 is 1.83 bits per heavy atom. The van der Waals surface area contributed by atoms with E-state index in [4.69, 9.17) is 9.72 Å². The molecule has 2 aromatic heterocycles. The molecule has 0 bridgehead atoms. The number of ether oxygens (including phenoxy) is 1. The average molecular weight is 378 g/mol. The summed E-state index contributed by atoms with van der Waals surface area (Å²) in [6.45, 7) is 0. The molecule has 142 valence electrons. The van der Waals surface area contributed by atoms with Crippen molar-refractivity contribution >= 4 is 22.6 Å². The van der Waals surface area contributed by atoms with Gasteiger partial charge in [-0.05, 0) is 72.0 Å². The lowest BCUT2D eigenvalue weighted by atomic mass is 9.61. The highest BCUT2D eigenvalue weighted by Crippen LogP contribution is 2.58. The van der Waals surface area contributed by atoms with Gasteiger partial charge in [-0.25, -0.2) is 4.98 Å². The first kappa shape index (κ1) is 16.6. The molecule has 3 heteroatoms. The smallest absolute Gasteiger partial charge is 0.137 e. The van der Waals surface area contributed by atoms with Gasteiger partial charge in [0, 0.05) is 17.0 Å². The van der Waals surface area contributed by atoms with Gasteiger partial charge >= 0.3 is 0 Å². The van der Waals surface area contributed by atoms with Gasteiger partial charge in [-0.2, -0.15) is 0 Å². The second-order valence-corrected chi connectivity index (χ2v) is 8.06. The van der Waals surface area contributed by atoms with Crippen molar-refractivity contribution in [2.45, 2.75) is 24.7 Å². The maximum atomic E-state index is 5.49. The fourth-order valence-corrected chi connectivity index (χ4v) is 5.14. The van der Waals surface area contributed by atoms with Gasteiger partial charge in [-0.1, -0.05) is 36.8 Å². The standard InChI is InChI=1S/C26H22N2O/c1-29-20-10-11-23-19(15-20)17-24(28(23)25-9-4-5-14-27-25)22-16-18-7-2-3-8-21(18)26(22)12-6-13-26/h2-5,7-11,14-17H,6,12-13H2,1H3. The van der Waals surface area contributed by atoms with Crippen LogP contribution in [-0.2, 0) is 5.41 Å². The van der Waals surface area contributed by atoms with E-state index in [1.807, 2.05) is 18.3 Å². The number of rotatable bonds is 3. The van der Waals surface area contributed by atoms with Crippen LogP contribution in [0.2, 0.25) is 0 Å². The molecule has 1 saturated carbocycles. The third-order valence-electron chi connectivity index (χ3n) is 6.66. The van der Waals surface area contributed by atoms with Gasteiger partial charge in [0.15, 0.2) is 0 Å². The Hall–Kier alpha value is -3.33. The van der Waals surface area contributed by atoms with Crippen molar-refractivity contribution in [3.8, 4) is 11.6 Å². The number of hydrogen-bond acceptors (Lipinski definition) is 2. The molecular formula is C26H22N2O. The highest BCUT2D eigenvalue weighted by Gasteiger charge is 2.47. The van der Waals surface area contributed by atoms with E-state index in [0.717, 1.165) is 17.1 Å². The molecule has 0 atom stereocenters. The quantitative estimate of drug-likeness (QED) is 0.436. The van der Waals surface area contributed by atoms with Crippen molar-refractivity contribution < 1.29 is 4.74 Å². The van der Waals surface area contributed by atoms with E-state index in [0.29, 0.717) is 0 Å². The molecule has 0 unspecified atom stereocenters. The Morgan fingerprint density at radius 3 is 2.59 bits per heavy atom. The van der Waals surface area contributed by atoms with Crippen LogP contribution in [0.5, 0.6) is 5.75 Å². The lowest BCUT2D eigenvalue weighted by molar-refractivity contribution is 0.331. The summed E-state index contributed by atoms with van der Waals surface area (Å²) in [6, 6.07) is 23.6. The molecule has 2 heterocycles. The zero-order chi connectivity index (χ0) is 19.4. The first-order chi connectivity index (χ1) is 14.3. The van der Waals surface area contributed by atoms with Crippen LogP contribution in [0.25, 0.3) is 28.4 Å². The summed E-state index contributed by atoms with van der Waals surface area (Å²) in [5.41, 5.74) is 6.80. The maximum absolute atomic E-state index is 5.49. The number of methoxy groups -OCH3 is 1. The van der Waals surface area contributed by atoms with E-state index < -0.39 is 0 Å². The molecule has 4 aromatic rings. The summed E-state index contributed by atoms with van der Waals surface area (Å²) < 4.78 is 7.80. The molecule has 3 nitrogen and oxygen atoms in total. The van der Waals surface area contributed by atoms with Gasteiger partial charge in [0.05, 0.1) is 18.3 Å². The lowest BCUT2D eigenvalue weighted by Crippen LogP contribution is -2.34. The zero-order valence-corrected chi connectivity index (χ0v) is 16.4. The third kappa shape index (κ3) is 2.27. The van der Waals surface area contributed by atoms with Crippen molar-refractivity contribution in [3.05, 3.63) is 89.7 Å². The summed E-state index contributed by atoms with van der Waals surface area (Å²) in [6.07, 6.45) is 7.97. The number of nitrogens with zero attached hydrogens (tertiary/aromatic N) is 2. The topological polar surface area (TPSA) is 27.1 Å². The summed E-state index contributed by atoms with van der Waals surface area (Å²) in [7, 11) is 1.72. The van der Waals surface area contributed by atoms with Crippen molar-refractivity contribution in [2.24, 2.45) is 0 Å². The van der Waals surface area contributed by atoms with Crippen molar-refractivity contribution in [2.75, 3.05) is 7.11 Å². The molecule has 0 amide bonds. The molecule has 6 rings (SSSR count). The van der Waals surface area contributed by atoms with Gasteiger partial charge < -0.3 is 4.74 Å². The molecule has 0 saturated heterocycles. The van der Waals surface area contributed by atoms with E-state index in [9.17, 15) is 0 Å². The van der Waals surface area contributed by atoms with E-state index in [1.165, 1.54) is 47.0 Å². The molecule has 0 N–H and O–H groups in total. The summed E-state index contributed by atoms with van der Waals surface area (Å²) in [5, 5.41) is 1.18. The van der Waals surface area contributed by atoms with Gasteiger partial charge in [0.2, 0.25) is 0 Å². The number of allylic oxidation sites excluding steroid dienone is 1. The number of hydrogen-bond donors (Lipinski definition) is 0. The van der Waals surface area contributed by atoms with Gasteiger partial charge in [0.1, 0.15) is 11.6 Å². The Balaban J connectivity index is 1.64. The molecule has 1 fully saturated rings. The minimum Gasteiger partial charge on any atom is -0.497 e. The fraction of sp³-hybridized carbons (Fsp3) is 0.192. The summed E-state index contributed by atoms with van der Waals surface area (Å²) in [5.74, 6) is 1.83. The predicted molar refractivity (Wildman–Crippen MR) is 117 cm³/mol. The van der Waals surface area contributed by atoms with E-state index >= 15 is 0 Å². The minimum absolute atomic E-state index is 0.140. The molecule has 2 aliphatic rings. The summed E-state index contributed by atoms with van der Waals surface area (Å²) >= 11 is 0. The van der Waals surface area contributed by atoms with Crippen LogP contribution in [0.3, 0.4) is 0 Å². The monoisotopic (exact) mass is 378 g/mol. The Labute approximate surface area is 170 Å². The zero-order valence-electron chi connectivity index (χ0n) is 16.4. The van der Waals surface area contributed by atoms with Gasteiger partial charge in [0.25, 0.3) is 0 Å². The Kier molecular flexibility index (Phi) is 3.48. The number of pyridine rings is 1. The molecule has 29 heavy (non-hydrogen) atoms. The van der Waals surface area contributed by atoms with Crippen LogP contribution in [0.15, 0.2) is 72.9 Å². The third-order valence-corrected chi connectivity index (χ3v) is 6.66. The molecule has 2 aliphatic carbocycles. The van der Waals surface area contributed by atoms with Crippen LogP contribution in [0, 0.1) is 0 Å². The average Bonchev–Trinajstić information content (AvgIpc) is 3.29. The fourth-order valence-electron chi connectivity index (χ4n) is 5.14. The first-order valence-corrected chi connectivity index (χ1v) is 10.2. The van der Waals surface area contributed by atoms with E-state index in [1.54, 1.807) is 7.11 Å². The molecule has 2 aromatic carbocycles. The second-order valence-electron chi connectivity index (χ2n) is 8.06. The van der Waals surface area contributed by atoms with Crippen molar-refractivity contribution in [1.29, 1.82) is 0 Å². The van der Waals surface area contributed by atoms with Gasteiger partial charge in [-0.15, -0.1) is 0 Å². The SMILES string of the molecule is COc1ccc2c(c1)cc(C1=Cc3ccccc3C13CCC3)n2-c1ccccn1. The first-order valence-electron chi connectivity index (χ1n) is 10.2. The number of fused-ring (bicyclic) bond motifs is 3. The second kappa shape index (κ2) is 6.08. The van der Waals surface area contributed by atoms with Crippen LogP contribution in [0.4, 0.5) is 0 Å². The Morgan fingerprint density at radius 1 is 0.966 bits per heavy atom. The highest BCUT2D eigenvalue weighted by atomic mass is 16.5. The largest absolute Gasteiger partial charge is 0.497 e. The maximum Gasteiger partial charge on any atom is 0.137 e. The van der Waals surface area contributed by atoms with Crippen molar-refractivity contribution in [1.82, 2.24) is 9.55 Å². The molecule has 1 spiro atoms. The van der Waals surface area contributed by atoms with Crippen LogP contribution in [-0.4, -0.2) is 16.7 Å². The number of aromatic nitrogens is 2. The van der Waals surface area contributed by atoms with Crippen LogP contribution >= 0.6 is 0 Å². The van der Waals surface area contributed by atoms with Crippen LogP contribution < -0.4 is 4.74 Å². The van der Waals surface area contributed by atoms with E-state index in [2.05, 4.69) is 65.2 Å². The van der Waals surface area contributed by atoms with Gasteiger partial charge in [-0.3, -0.25) is 4.57 Å². The molecular weight excluding hydrogens is 356 g/mol. The van der Waals surface area contributed by atoms with Crippen LogP contribution in [0.1, 0.15) is 36.1 Å². The summed E-state index contributed by atoms with van der Waals surface area (Å²) in [4.78, 5) is 4.69. The van der Waals surface area contributed by atoms with E-state index in [-0.39, 0.29) is 5.41 Å². The lowest BCUT2D eigenvalue weighted by Gasteiger charge is -2.42. The highest BCUT2D eigenvalue weighted by molar-refractivity contribution is 5.98.